The smallest absolute Gasteiger partial charge is 0.326 e. The van der Waals surface area contributed by atoms with Gasteiger partial charge in [0.2, 0.25) is 15.9 Å². The number of nitrogens with one attached hydrogen (secondary N) is 1. The Labute approximate surface area is 148 Å². The van der Waals surface area contributed by atoms with Gasteiger partial charge in [0, 0.05) is 19.4 Å². The lowest BCUT2D eigenvalue weighted by atomic mass is 9.88. The SMILES string of the molecule is CN(CC(=O)NC(CCC(C)(C)C)C(=O)O)S(=O)(=O)c1cccnc1. The molecule has 2 N–H and O–H groups in total. The Morgan fingerprint density at radius 3 is 2.48 bits per heavy atom. The van der Waals surface area contributed by atoms with E-state index < -0.39 is 34.5 Å². The molecule has 9 heteroatoms. The topological polar surface area (TPSA) is 117 Å². The molecule has 1 amide bonds. The van der Waals surface area contributed by atoms with Crippen LogP contribution in [0.2, 0.25) is 0 Å². The molecule has 0 saturated heterocycles. The molecule has 1 aromatic heterocycles. The highest BCUT2D eigenvalue weighted by Crippen LogP contribution is 2.21. The Morgan fingerprint density at radius 2 is 2.00 bits per heavy atom. The van der Waals surface area contributed by atoms with Crippen LogP contribution in [0.3, 0.4) is 0 Å². The van der Waals surface area contributed by atoms with Crippen molar-refractivity contribution in [2.75, 3.05) is 13.6 Å². The van der Waals surface area contributed by atoms with Crippen LogP contribution in [0.25, 0.3) is 0 Å². The normalized spacial score (nSPS) is 13.5. The fourth-order valence-electron chi connectivity index (χ4n) is 2.04. The largest absolute Gasteiger partial charge is 0.480 e. The number of pyridine rings is 1. The molecule has 0 aliphatic heterocycles. The van der Waals surface area contributed by atoms with E-state index in [4.69, 9.17) is 0 Å². The van der Waals surface area contributed by atoms with Crippen LogP contribution in [0, 0.1) is 5.41 Å². The second kappa shape index (κ2) is 8.39. The predicted molar refractivity (Wildman–Crippen MR) is 92.3 cm³/mol. The Balaban J connectivity index is 2.72. The van der Waals surface area contributed by atoms with Crippen LogP contribution in [0.5, 0.6) is 0 Å². The molecular weight excluding hydrogens is 346 g/mol. The van der Waals surface area contributed by atoms with Crippen molar-refractivity contribution >= 4 is 21.9 Å². The number of nitrogens with zero attached hydrogens (tertiary/aromatic N) is 2. The molecule has 0 aliphatic carbocycles. The quantitative estimate of drug-likeness (QED) is 0.707. The van der Waals surface area contributed by atoms with E-state index in [1.54, 1.807) is 0 Å². The summed E-state index contributed by atoms with van der Waals surface area (Å²) in [5.41, 5.74) is -0.0706. The maximum Gasteiger partial charge on any atom is 0.326 e. The van der Waals surface area contributed by atoms with Gasteiger partial charge < -0.3 is 10.4 Å². The second-order valence-electron chi connectivity index (χ2n) is 7.01. The Bertz CT molecular complexity index is 698. The van der Waals surface area contributed by atoms with Gasteiger partial charge in [-0.2, -0.15) is 4.31 Å². The standard InChI is InChI=1S/C16H25N3O5S/c1-16(2,3)8-7-13(15(21)22)18-14(20)11-19(4)25(23,24)12-6-5-9-17-10-12/h5-6,9-10,13H,7-8,11H2,1-4H3,(H,18,20)(H,21,22). The summed E-state index contributed by atoms with van der Waals surface area (Å²) in [6, 6.07) is 1.80. The molecule has 1 aromatic rings. The van der Waals surface area contributed by atoms with E-state index in [0.29, 0.717) is 6.42 Å². The lowest BCUT2D eigenvalue weighted by Crippen LogP contribution is -2.46. The van der Waals surface area contributed by atoms with Gasteiger partial charge in [-0.1, -0.05) is 20.8 Å². The average molecular weight is 371 g/mol. The second-order valence-corrected chi connectivity index (χ2v) is 9.05. The van der Waals surface area contributed by atoms with Crippen LogP contribution in [0.4, 0.5) is 0 Å². The molecule has 140 valence electrons. The highest BCUT2D eigenvalue weighted by molar-refractivity contribution is 7.89. The number of sulfonamides is 1. The van der Waals surface area contributed by atoms with Crippen LogP contribution in [0.1, 0.15) is 33.6 Å². The first-order valence-corrected chi connectivity index (χ1v) is 9.26. The van der Waals surface area contributed by atoms with Gasteiger partial charge in [0.15, 0.2) is 0 Å². The molecule has 1 atom stereocenters. The molecule has 0 spiro atoms. The zero-order valence-electron chi connectivity index (χ0n) is 14.9. The summed E-state index contributed by atoms with van der Waals surface area (Å²) in [5, 5.41) is 11.6. The summed E-state index contributed by atoms with van der Waals surface area (Å²) in [4.78, 5) is 27.1. The van der Waals surface area contributed by atoms with E-state index >= 15 is 0 Å². The van der Waals surface area contributed by atoms with Crippen LogP contribution in [-0.2, 0) is 19.6 Å². The summed E-state index contributed by atoms with van der Waals surface area (Å²) >= 11 is 0. The first kappa shape index (κ1) is 21.0. The van der Waals surface area contributed by atoms with Gasteiger partial charge in [0.25, 0.3) is 0 Å². The number of carbonyl (C=O) groups is 2. The predicted octanol–water partition coefficient (Wildman–Crippen LogP) is 1.10. The van der Waals surface area contributed by atoms with Gasteiger partial charge in [0.1, 0.15) is 10.9 Å². The molecule has 8 nitrogen and oxygen atoms in total. The van der Waals surface area contributed by atoms with Crippen molar-refractivity contribution in [1.82, 2.24) is 14.6 Å². The van der Waals surface area contributed by atoms with E-state index in [-0.39, 0.29) is 16.7 Å². The Kier molecular flexibility index (Phi) is 7.06. The van der Waals surface area contributed by atoms with Crippen molar-refractivity contribution in [3.05, 3.63) is 24.5 Å². The Morgan fingerprint density at radius 1 is 1.36 bits per heavy atom. The number of carbonyl (C=O) groups excluding carboxylic acids is 1. The third-order valence-electron chi connectivity index (χ3n) is 3.53. The van der Waals surface area contributed by atoms with Gasteiger partial charge >= 0.3 is 5.97 Å². The molecule has 1 heterocycles. The van der Waals surface area contributed by atoms with E-state index in [2.05, 4.69) is 10.3 Å². The lowest BCUT2D eigenvalue weighted by Gasteiger charge is -2.22. The van der Waals surface area contributed by atoms with Gasteiger partial charge in [-0.3, -0.25) is 9.78 Å². The number of aromatic nitrogens is 1. The van der Waals surface area contributed by atoms with E-state index in [0.717, 1.165) is 4.31 Å². The Hall–Kier alpha value is -2.00. The number of amides is 1. The van der Waals surface area contributed by atoms with E-state index in [1.165, 1.54) is 31.6 Å². The fraction of sp³-hybridized carbons (Fsp3) is 0.562. The summed E-state index contributed by atoms with van der Waals surface area (Å²) in [5.74, 6) is -1.81. The molecule has 0 bridgehead atoms. The monoisotopic (exact) mass is 371 g/mol. The molecule has 0 saturated carbocycles. The van der Waals surface area contributed by atoms with Crippen LogP contribution in [-0.4, -0.2) is 54.3 Å². The molecule has 1 unspecified atom stereocenters. The summed E-state index contributed by atoms with van der Waals surface area (Å²) in [7, 11) is -2.61. The summed E-state index contributed by atoms with van der Waals surface area (Å²) in [6.07, 6.45) is 3.50. The molecular formula is C16H25N3O5S. The molecule has 25 heavy (non-hydrogen) atoms. The number of rotatable bonds is 8. The van der Waals surface area contributed by atoms with Crippen molar-refractivity contribution in [3.63, 3.8) is 0 Å². The molecule has 1 rings (SSSR count). The van der Waals surface area contributed by atoms with Crippen molar-refractivity contribution in [2.24, 2.45) is 5.41 Å². The number of carboxylic acid groups (broad SMARTS) is 1. The third-order valence-corrected chi connectivity index (χ3v) is 5.31. The molecule has 0 aliphatic rings. The number of hydrogen-bond acceptors (Lipinski definition) is 5. The molecule has 0 aromatic carbocycles. The first-order valence-electron chi connectivity index (χ1n) is 7.82. The van der Waals surface area contributed by atoms with Gasteiger partial charge in [0.05, 0.1) is 6.54 Å². The van der Waals surface area contributed by atoms with Gasteiger partial charge in [-0.15, -0.1) is 0 Å². The third kappa shape index (κ3) is 6.79. The zero-order chi connectivity index (χ0) is 19.3. The van der Waals surface area contributed by atoms with Crippen LogP contribution < -0.4 is 5.32 Å². The minimum Gasteiger partial charge on any atom is -0.480 e. The lowest BCUT2D eigenvalue weighted by molar-refractivity contribution is -0.142. The average Bonchev–Trinajstić information content (AvgIpc) is 2.50. The van der Waals surface area contributed by atoms with Gasteiger partial charge in [-0.25, -0.2) is 13.2 Å². The van der Waals surface area contributed by atoms with Crippen molar-refractivity contribution in [1.29, 1.82) is 0 Å². The van der Waals surface area contributed by atoms with Crippen LogP contribution in [0.15, 0.2) is 29.4 Å². The first-order chi connectivity index (χ1) is 11.4. The van der Waals surface area contributed by atoms with Crippen LogP contribution >= 0.6 is 0 Å². The minimum absolute atomic E-state index is 0.0344. The maximum atomic E-state index is 12.3. The van der Waals surface area contributed by atoms with Gasteiger partial charge in [-0.05, 0) is 30.4 Å². The summed E-state index contributed by atoms with van der Waals surface area (Å²) < 4.78 is 25.5. The minimum atomic E-state index is -3.86. The zero-order valence-corrected chi connectivity index (χ0v) is 15.7. The highest BCUT2D eigenvalue weighted by atomic mass is 32.2. The van der Waals surface area contributed by atoms with Crippen molar-refractivity contribution in [3.8, 4) is 0 Å². The van der Waals surface area contributed by atoms with Crippen molar-refractivity contribution in [2.45, 2.75) is 44.6 Å². The molecule has 0 fully saturated rings. The van der Waals surface area contributed by atoms with E-state index in [1.807, 2.05) is 20.8 Å². The number of carboxylic acids is 1. The fourth-order valence-corrected chi connectivity index (χ4v) is 3.13. The van der Waals surface area contributed by atoms with E-state index in [9.17, 15) is 23.1 Å². The maximum absolute atomic E-state index is 12.3. The summed E-state index contributed by atoms with van der Waals surface area (Å²) in [6.45, 7) is 5.45. The number of hydrogen-bond donors (Lipinski definition) is 2. The number of aliphatic carboxylic acids is 1. The van der Waals surface area contributed by atoms with Crippen molar-refractivity contribution < 1.29 is 23.1 Å². The highest BCUT2D eigenvalue weighted by Gasteiger charge is 2.26. The number of likely N-dealkylation sites (N-methyl/N-ethyl adjacent to an activating group) is 1. The molecule has 0 radical (unpaired) electrons.